The average molecular weight is 218 g/mol. The first-order chi connectivity index (χ1) is 6.85. The van der Waals surface area contributed by atoms with Crippen LogP contribution < -0.4 is 5.32 Å². The molecule has 0 aromatic rings. The Hall–Kier alpha value is -0.160. The fraction of sp³-hybridized carbons (Fsp3) is 1.00. The first-order valence-corrected chi connectivity index (χ1v) is 5.49. The summed E-state index contributed by atoms with van der Waals surface area (Å²) in [5, 5.41) is 12.1. The first kappa shape index (κ1) is 14.8. The van der Waals surface area contributed by atoms with Gasteiger partial charge in [0.2, 0.25) is 0 Å². The maximum absolute atomic E-state index is 9.08. The van der Waals surface area contributed by atoms with Crippen LogP contribution in [0.25, 0.3) is 0 Å². The van der Waals surface area contributed by atoms with E-state index in [9.17, 15) is 0 Å². The summed E-state index contributed by atoms with van der Waals surface area (Å²) in [7, 11) is 5.86. The van der Waals surface area contributed by atoms with Crippen molar-refractivity contribution in [1.82, 2.24) is 10.2 Å². The molecule has 92 valence electrons. The van der Waals surface area contributed by atoms with E-state index in [1.54, 1.807) is 0 Å². The van der Waals surface area contributed by atoms with Crippen LogP contribution in [0.3, 0.4) is 0 Å². The molecule has 0 amide bonds. The van der Waals surface area contributed by atoms with E-state index in [0.717, 1.165) is 6.42 Å². The number of hydrogen-bond donors (Lipinski definition) is 2. The molecule has 0 aliphatic rings. The van der Waals surface area contributed by atoms with Crippen LogP contribution in [0.15, 0.2) is 0 Å². The third-order valence-electron chi connectivity index (χ3n) is 2.82. The van der Waals surface area contributed by atoms with Gasteiger partial charge in [0, 0.05) is 6.61 Å². The molecule has 3 unspecified atom stereocenters. The number of aliphatic hydroxyl groups is 1. The van der Waals surface area contributed by atoms with Gasteiger partial charge in [-0.15, -0.1) is 0 Å². The van der Waals surface area contributed by atoms with Crippen LogP contribution >= 0.6 is 0 Å². The second-order valence-electron chi connectivity index (χ2n) is 4.61. The lowest BCUT2D eigenvalue weighted by molar-refractivity contribution is -0.173. The molecule has 0 aromatic heterocycles. The Labute approximate surface area is 93.6 Å². The molecule has 0 aliphatic carbocycles. The van der Waals surface area contributed by atoms with Gasteiger partial charge in [0.1, 0.15) is 12.0 Å². The molecule has 0 radical (unpaired) electrons. The minimum atomic E-state index is -0.343. The monoisotopic (exact) mass is 218 g/mol. The van der Waals surface area contributed by atoms with E-state index in [1.807, 2.05) is 46.8 Å². The number of hydrogen-bond acceptors (Lipinski definition) is 4. The van der Waals surface area contributed by atoms with Gasteiger partial charge in [0.25, 0.3) is 0 Å². The van der Waals surface area contributed by atoms with Crippen LogP contribution in [-0.2, 0) is 4.74 Å². The lowest BCUT2D eigenvalue weighted by Crippen LogP contribution is -2.49. The Kier molecular flexibility index (Phi) is 6.36. The van der Waals surface area contributed by atoms with Crippen molar-refractivity contribution >= 4 is 0 Å². The molecule has 0 spiro atoms. The van der Waals surface area contributed by atoms with E-state index in [2.05, 4.69) is 5.32 Å². The van der Waals surface area contributed by atoms with Crippen molar-refractivity contribution in [3.63, 3.8) is 0 Å². The van der Waals surface area contributed by atoms with Crippen LogP contribution in [0.4, 0.5) is 0 Å². The molecule has 0 aliphatic heterocycles. The highest BCUT2D eigenvalue weighted by Gasteiger charge is 2.31. The maximum Gasteiger partial charge on any atom is 0.120 e. The fourth-order valence-electron chi connectivity index (χ4n) is 1.49. The standard InChI is InChI=1S/C11H26N2O2/c1-9(8-14)7-11(3,13(5)6)15-10(2)12-4/h9-10,12,14H,7-8H2,1-6H3. The number of ether oxygens (including phenoxy) is 1. The predicted octanol–water partition coefficient (Wildman–Crippen LogP) is 0.865. The van der Waals surface area contributed by atoms with Crippen LogP contribution in [0.2, 0.25) is 0 Å². The minimum absolute atomic E-state index is 0.00305. The van der Waals surface area contributed by atoms with Gasteiger partial charge in [-0.1, -0.05) is 6.92 Å². The highest BCUT2D eigenvalue weighted by molar-refractivity contribution is 4.75. The molecule has 0 aromatic carbocycles. The molecule has 0 rings (SSSR count). The normalized spacial score (nSPS) is 20.0. The summed E-state index contributed by atoms with van der Waals surface area (Å²) in [5.74, 6) is 0.237. The van der Waals surface area contributed by atoms with E-state index in [-0.39, 0.29) is 24.5 Å². The fourth-order valence-corrected chi connectivity index (χ4v) is 1.49. The second-order valence-corrected chi connectivity index (χ2v) is 4.61. The predicted molar refractivity (Wildman–Crippen MR) is 62.6 cm³/mol. The summed E-state index contributed by atoms with van der Waals surface area (Å²) in [6.45, 7) is 6.24. The lowest BCUT2D eigenvalue weighted by atomic mass is 9.99. The van der Waals surface area contributed by atoms with Crippen molar-refractivity contribution in [1.29, 1.82) is 0 Å². The van der Waals surface area contributed by atoms with Crippen molar-refractivity contribution in [2.24, 2.45) is 5.92 Å². The second kappa shape index (κ2) is 6.43. The summed E-state index contributed by atoms with van der Waals surface area (Å²) >= 11 is 0. The molecule has 15 heavy (non-hydrogen) atoms. The molecule has 0 saturated heterocycles. The smallest absolute Gasteiger partial charge is 0.120 e. The van der Waals surface area contributed by atoms with Gasteiger partial charge < -0.3 is 9.84 Å². The molecule has 0 bridgehead atoms. The minimum Gasteiger partial charge on any atom is -0.396 e. The molecule has 0 heterocycles. The van der Waals surface area contributed by atoms with E-state index in [1.165, 1.54) is 0 Å². The molecular formula is C11H26N2O2. The van der Waals surface area contributed by atoms with Crippen molar-refractivity contribution in [3.05, 3.63) is 0 Å². The number of aliphatic hydroxyl groups excluding tert-OH is 1. The Morgan fingerprint density at radius 2 is 1.93 bits per heavy atom. The Bertz CT molecular complexity index is 162. The van der Waals surface area contributed by atoms with Crippen molar-refractivity contribution < 1.29 is 9.84 Å². The molecule has 0 fully saturated rings. The van der Waals surface area contributed by atoms with Crippen LogP contribution in [-0.4, -0.2) is 49.7 Å². The Balaban J connectivity index is 4.44. The third-order valence-corrected chi connectivity index (χ3v) is 2.82. The SMILES string of the molecule is CNC(C)OC(C)(CC(C)CO)N(C)C. The quantitative estimate of drug-likeness (QED) is 0.622. The number of nitrogens with zero attached hydrogens (tertiary/aromatic N) is 1. The number of rotatable bonds is 7. The van der Waals surface area contributed by atoms with E-state index < -0.39 is 0 Å². The third kappa shape index (κ3) is 4.93. The highest BCUT2D eigenvalue weighted by Crippen LogP contribution is 2.24. The topological polar surface area (TPSA) is 44.7 Å². The zero-order valence-electron chi connectivity index (χ0n) is 10.9. The van der Waals surface area contributed by atoms with Gasteiger partial charge in [-0.05, 0) is 47.3 Å². The summed E-state index contributed by atoms with van der Waals surface area (Å²) in [5.41, 5.74) is -0.343. The van der Waals surface area contributed by atoms with Gasteiger partial charge in [0.15, 0.2) is 0 Å². The highest BCUT2D eigenvalue weighted by atomic mass is 16.5. The summed E-state index contributed by atoms with van der Waals surface area (Å²) in [4.78, 5) is 2.05. The first-order valence-electron chi connectivity index (χ1n) is 5.49. The van der Waals surface area contributed by atoms with Gasteiger partial charge in [-0.2, -0.15) is 0 Å². The molecule has 4 nitrogen and oxygen atoms in total. The molecule has 3 atom stereocenters. The maximum atomic E-state index is 9.08. The van der Waals surface area contributed by atoms with Crippen LogP contribution in [0.5, 0.6) is 0 Å². The van der Waals surface area contributed by atoms with Crippen LogP contribution in [0.1, 0.15) is 27.2 Å². The van der Waals surface area contributed by atoms with Crippen molar-refractivity contribution in [3.8, 4) is 0 Å². The van der Waals surface area contributed by atoms with Crippen molar-refractivity contribution in [2.45, 2.75) is 39.1 Å². The number of nitrogens with one attached hydrogen (secondary N) is 1. The summed E-state index contributed by atoms with van der Waals surface area (Å²) < 4.78 is 5.92. The zero-order valence-corrected chi connectivity index (χ0v) is 10.9. The molecule has 0 saturated carbocycles. The molecule has 4 heteroatoms. The molecule has 2 N–H and O–H groups in total. The summed E-state index contributed by atoms with van der Waals surface area (Å²) in [6.07, 6.45) is 0.811. The van der Waals surface area contributed by atoms with Crippen molar-refractivity contribution in [2.75, 3.05) is 27.7 Å². The van der Waals surface area contributed by atoms with E-state index in [0.29, 0.717) is 0 Å². The van der Waals surface area contributed by atoms with E-state index >= 15 is 0 Å². The average Bonchev–Trinajstić information content (AvgIpc) is 2.16. The van der Waals surface area contributed by atoms with Gasteiger partial charge in [-0.3, -0.25) is 10.2 Å². The lowest BCUT2D eigenvalue weighted by Gasteiger charge is -2.40. The Morgan fingerprint density at radius 3 is 2.27 bits per heavy atom. The largest absolute Gasteiger partial charge is 0.396 e. The molecular weight excluding hydrogens is 192 g/mol. The van der Waals surface area contributed by atoms with Gasteiger partial charge >= 0.3 is 0 Å². The summed E-state index contributed by atoms with van der Waals surface area (Å²) in [6, 6.07) is 0. The zero-order chi connectivity index (χ0) is 12.1. The van der Waals surface area contributed by atoms with Gasteiger partial charge in [-0.25, -0.2) is 0 Å². The van der Waals surface area contributed by atoms with E-state index in [4.69, 9.17) is 9.84 Å². The van der Waals surface area contributed by atoms with Crippen LogP contribution in [0, 0.1) is 5.92 Å². The van der Waals surface area contributed by atoms with Gasteiger partial charge in [0.05, 0.1) is 0 Å². The Morgan fingerprint density at radius 1 is 1.40 bits per heavy atom.